The van der Waals surface area contributed by atoms with E-state index in [1.165, 1.54) is 6.08 Å². The zero-order chi connectivity index (χ0) is 20.6. The maximum absolute atomic E-state index is 12.5. The molecular weight excluding hydrogens is 354 g/mol. The molecule has 0 saturated heterocycles. The molecule has 0 unspecified atom stereocenters. The van der Waals surface area contributed by atoms with Crippen LogP contribution in [-0.2, 0) is 16.1 Å². The first-order chi connectivity index (χ1) is 13.3. The first kappa shape index (κ1) is 21.4. The van der Waals surface area contributed by atoms with Gasteiger partial charge >= 0.3 is 5.97 Å². The molecule has 5 nitrogen and oxygen atoms in total. The molecule has 0 heterocycles. The minimum absolute atomic E-state index is 0.0573. The molecule has 0 aliphatic carbocycles. The predicted octanol–water partition coefficient (Wildman–Crippen LogP) is 3.53. The van der Waals surface area contributed by atoms with Crippen LogP contribution in [0.15, 0.2) is 60.7 Å². The van der Waals surface area contributed by atoms with Crippen LogP contribution >= 0.6 is 0 Å². The molecule has 28 heavy (non-hydrogen) atoms. The van der Waals surface area contributed by atoms with E-state index in [2.05, 4.69) is 0 Å². The minimum Gasteiger partial charge on any atom is -0.462 e. The van der Waals surface area contributed by atoms with Crippen LogP contribution in [0.3, 0.4) is 0 Å². The summed E-state index contributed by atoms with van der Waals surface area (Å²) in [7, 11) is 1.77. The van der Waals surface area contributed by atoms with E-state index in [1.54, 1.807) is 42.3 Å². The highest BCUT2D eigenvalue weighted by molar-refractivity contribution is 5.94. The zero-order valence-corrected chi connectivity index (χ0v) is 16.6. The quantitative estimate of drug-likeness (QED) is 0.561. The Labute approximate surface area is 166 Å². The molecule has 2 aromatic carbocycles. The SMILES string of the molecule is CN(Cc1ccccc1)C(=O)c1ccc(/C=C/C(=O)OCC(C)(C)CO)cc1. The molecule has 0 spiro atoms. The molecule has 0 bridgehead atoms. The van der Waals surface area contributed by atoms with E-state index in [0.717, 1.165) is 11.1 Å². The number of hydrogen-bond donors (Lipinski definition) is 1. The fourth-order valence-electron chi connectivity index (χ4n) is 2.41. The lowest BCUT2D eigenvalue weighted by molar-refractivity contribution is -0.141. The lowest BCUT2D eigenvalue weighted by Crippen LogP contribution is -2.26. The highest BCUT2D eigenvalue weighted by Crippen LogP contribution is 2.14. The van der Waals surface area contributed by atoms with Gasteiger partial charge in [0.1, 0.15) is 0 Å². The van der Waals surface area contributed by atoms with Gasteiger partial charge in [0.05, 0.1) is 13.2 Å². The Balaban J connectivity index is 1.91. The zero-order valence-electron chi connectivity index (χ0n) is 16.6. The van der Waals surface area contributed by atoms with Crippen LogP contribution in [0.2, 0.25) is 0 Å². The van der Waals surface area contributed by atoms with Gasteiger partial charge in [0.2, 0.25) is 0 Å². The van der Waals surface area contributed by atoms with E-state index in [9.17, 15) is 9.59 Å². The fourth-order valence-corrected chi connectivity index (χ4v) is 2.41. The summed E-state index contributed by atoms with van der Waals surface area (Å²) in [4.78, 5) is 26.0. The number of aliphatic hydroxyl groups excluding tert-OH is 1. The molecule has 1 N–H and O–H groups in total. The van der Waals surface area contributed by atoms with Gasteiger partial charge in [-0.05, 0) is 29.3 Å². The summed E-state index contributed by atoms with van der Waals surface area (Å²) in [5, 5.41) is 9.17. The standard InChI is InChI=1S/C23H27NO4/c1-23(2,16-25)17-28-21(26)14-11-18-9-12-20(13-10-18)22(27)24(3)15-19-7-5-4-6-8-19/h4-14,25H,15-17H2,1-3H3/b14-11+. The molecule has 0 aromatic heterocycles. The predicted molar refractivity (Wildman–Crippen MR) is 110 cm³/mol. The molecule has 0 aliphatic heterocycles. The molecule has 0 radical (unpaired) electrons. The number of carbonyl (C=O) groups is 2. The van der Waals surface area contributed by atoms with Crippen molar-refractivity contribution in [3.63, 3.8) is 0 Å². The summed E-state index contributed by atoms with van der Waals surface area (Å²) in [5.41, 5.74) is 1.99. The monoisotopic (exact) mass is 381 g/mol. The summed E-state index contributed by atoms with van der Waals surface area (Å²) in [6.45, 7) is 4.26. The number of hydrogen-bond acceptors (Lipinski definition) is 4. The van der Waals surface area contributed by atoms with Crippen molar-refractivity contribution >= 4 is 18.0 Å². The maximum Gasteiger partial charge on any atom is 0.330 e. The highest BCUT2D eigenvalue weighted by Gasteiger charge is 2.18. The summed E-state index contributed by atoms with van der Waals surface area (Å²) >= 11 is 0. The van der Waals surface area contributed by atoms with E-state index in [0.29, 0.717) is 12.1 Å². The van der Waals surface area contributed by atoms with E-state index in [4.69, 9.17) is 9.84 Å². The van der Waals surface area contributed by atoms with Gasteiger partial charge in [-0.25, -0.2) is 4.79 Å². The lowest BCUT2D eigenvalue weighted by Gasteiger charge is -2.20. The van der Waals surface area contributed by atoms with Crippen molar-refractivity contribution < 1.29 is 19.4 Å². The molecule has 2 aromatic rings. The topological polar surface area (TPSA) is 66.8 Å². The van der Waals surface area contributed by atoms with Crippen molar-refractivity contribution in [2.75, 3.05) is 20.3 Å². The maximum atomic E-state index is 12.5. The van der Waals surface area contributed by atoms with Gasteiger partial charge < -0.3 is 14.7 Å². The Morgan fingerprint density at radius 3 is 2.32 bits per heavy atom. The molecule has 0 fully saturated rings. The van der Waals surface area contributed by atoms with Crippen molar-refractivity contribution in [2.45, 2.75) is 20.4 Å². The number of aliphatic hydroxyl groups is 1. The van der Waals surface area contributed by atoms with Crippen LogP contribution in [0.25, 0.3) is 6.08 Å². The Morgan fingerprint density at radius 1 is 1.07 bits per heavy atom. The first-order valence-corrected chi connectivity index (χ1v) is 9.16. The third-order valence-electron chi connectivity index (χ3n) is 4.21. The van der Waals surface area contributed by atoms with Gasteiger partial charge in [-0.2, -0.15) is 0 Å². The van der Waals surface area contributed by atoms with Crippen molar-refractivity contribution in [1.29, 1.82) is 0 Å². The number of rotatable bonds is 8. The third-order valence-corrected chi connectivity index (χ3v) is 4.21. The normalized spacial score (nSPS) is 11.4. The average Bonchev–Trinajstić information content (AvgIpc) is 2.71. The fraction of sp³-hybridized carbons (Fsp3) is 0.304. The lowest BCUT2D eigenvalue weighted by atomic mass is 9.97. The van der Waals surface area contributed by atoms with Crippen LogP contribution in [0, 0.1) is 5.41 Å². The van der Waals surface area contributed by atoms with Crippen LogP contribution in [0.5, 0.6) is 0 Å². The molecule has 148 valence electrons. The molecule has 0 aliphatic rings. The van der Waals surface area contributed by atoms with Crippen molar-refractivity contribution in [3.8, 4) is 0 Å². The summed E-state index contributed by atoms with van der Waals surface area (Å²) in [6.07, 6.45) is 2.97. The molecule has 5 heteroatoms. The van der Waals surface area contributed by atoms with Gasteiger partial charge in [0, 0.05) is 30.6 Å². The molecular formula is C23H27NO4. The smallest absolute Gasteiger partial charge is 0.330 e. The molecule has 1 amide bonds. The second kappa shape index (κ2) is 9.85. The number of carbonyl (C=O) groups excluding carboxylic acids is 2. The van der Waals surface area contributed by atoms with Crippen molar-refractivity contribution in [3.05, 3.63) is 77.4 Å². The summed E-state index contributed by atoms with van der Waals surface area (Å²) < 4.78 is 5.12. The van der Waals surface area contributed by atoms with E-state index in [1.807, 2.05) is 44.2 Å². The highest BCUT2D eigenvalue weighted by atomic mass is 16.5. The Hall–Kier alpha value is -2.92. The third kappa shape index (κ3) is 6.67. The number of nitrogens with zero attached hydrogens (tertiary/aromatic N) is 1. The van der Waals surface area contributed by atoms with Gasteiger partial charge in [-0.1, -0.05) is 56.3 Å². The number of amides is 1. The van der Waals surface area contributed by atoms with Crippen molar-refractivity contribution in [1.82, 2.24) is 4.90 Å². The Bertz CT molecular complexity index is 810. The summed E-state index contributed by atoms with van der Waals surface area (Å²) in [6, 6.07) is 16.9. The van der Waals surface area contributed by atoms with Crippen LogP contribution in [-0.4, -0.2) is 42.1 Å². The first-order valence-electron chi connectivity index (χ1n) is 9.16. The van der Waals surface area contributed by atoms with Gasteiger partial charge in [0.25, 0.3) is 5.91 Å². The number of ether oxygens (including phenoxy) is 1. The van der Waals surface area contributed by atoms with Crippen molar-refractivity contribution in [2.24, 2.45) is 5.41 Å². The Morgan fingerprint density at radius 2 is 1.71 bits per heavy atom. The largest absolute Gasteiger partial charge is 0.462 e. The second-order valence-electron chi connectivity index (χ2n) is 7.53. The average molecular weight is 381 g/mol. The number of benzene rings is 2. The molecule has 2 rings (SSSR count). The van der Waals surface area contributed by atoms with E-state index >= 15 is 0 Å². The minimum atomic E-state index is -0.468. The van der Waals surface area contributed by atoms with E-state index in [-0.39, 0.29) is 19.1 Å². The second-order valence-corrected chi connectivity index (χ2v) is 7.53. The van der Waals surface area contributed by atoms with Gasteiger partial charge in [-0.3, -0.25) is 4.79 Å². The van der Waals surface area contributed by atoms with Crippen LogP contribution in [0.4, 0.5) is 0 Å². The number of esters is 1. The summed E-state index contributed by atoms with van der Waals surface area (Å²) in [5.74, 6) is -0.533. The Kier molecular flexibility index (Phi) is 7.52. The van der Waals surface area contributed by atoms with Gasteiger partial charge in [-0.15, -0.1) is 0 Å². The van der Waals surface area contributed by atoms with Crippen LogP contribution in [0.1, 0.15) is 35.3 Å². The van der Waals surface area contributed by atoms with E-state index < -0.39 is 11.4 Å². The molecule has 0 saturated carbocycles. The molecule has 0 atom stereocenters. The van der Waals surface area contributed by atoms with Crippen LogP contribution < -0.4 is 0 Å². The van der Waals surface area contributed by atoms with Gasteiger partial charge in [0.15, 0.2) is 0 Å².